The van der Waals surface area contributed by atoms with Crippen molar-refractivity contribution in [1.29, 1.82) is 0 Å². The Morgan fingerprint density at radius 1 is 1.12 bits per heavy atom. The van der Waals surface area contributed by atoms with Gasteiger partial charge in [-0.2, -0.15) is 0 Å². The molecule has 3 aliphatic rings. The van der Waals surface area contributed by atoms with Crippen LogP contribution in [0.2, 0.25) is 18.1 Å². The second-order valence-corrected chi connectivity index (χ2v) is 14.2. The van der Waals surface area contributed by atoms with Gasteiger partial charge in [-0.25, -0.2) is 0 Å². The van der Waals surface area contributed by atoms with Crippen molar-refractivity contribution < 1.29 is 18.6 Å². The van der Waals surface area contributed by atoms with Gasteiger partial charge in [-0.3, -0.25) is 0 Å². The van der Waals surface area contributed by atoms with Crippen LogP contribution in [0, 0.1) is 0 Å². The van der Waals surface area contributed by atoms with Crippen molar-refractivity contribution in [2.45, 2.75) is 108 Å². The average molecular weight is 369 g/mol. The molecule has 1 saturated carbocycles. The van der Waals surface area contributed by atoms with Crippen molar-refractivity contribution in [1.82, 2.24) is 0 Å². The Labute approximate surface area is 154 Å². The maximum atomic E-state index is 6.70. The molecule has 3 fully saturated rings. The Balaban J connectivity index is 1.79. The van der Waals surface area contributed by atoms with Crippen LogP contribution in [0.25, 0.3) is 0 Å². The van der Waals surface area contributed by atoms with E-state index in [2.05, 4.69) is 40.4 Å². The lowest BCUT2D eigenvalue weighted by Crippen LogP contribution is -2.56. The molecule has 0 radical (unpaired) electrons. The van der Waals surface area contributed by atoms with Crippen molar-refractivity contribution in [2.75, 3.05) is 6.61 Å². The Morgan fingerprint density at radius 2 is 1.76 bits per heavy atom. The summed E-state index contributed by atoms with van der Waals surface area (Å²) in [5, 5.41) is 0.169. The van der Waals surface area contributed by atoms with Crippen LogP contribution in [-0.2, 0) is 18.6 Å². The fourth-order valence-electron chi connectivity index (χ4n) is 3.99. The fraction of sp³-hybridized carbons (Fsp3) is 0.900. The normalized spacial score (nSPS) is 35.6. The third kappa shape index (κ3) is 3.91. The molecule has 3 rings (SSSR count). The third-order valence-electron chi connectivity index (χ3n) is 6.50. The van der Waals surface area contributed by atoms with Crippen LogP contribution >= 0.6 is 0 Å². The quantitative estimate of drug-likeness (QED) is 0.528. The summed E-state index contributed by atoms with van der Waals surface area (Å²) in [7, 11) is -1.89. The number of fused-ring (bicyclic) bond motifs is 1. The lowest BCUT2D eigenvalue weighted by atomic mass is 9.94. The lowest BCUT2D eigenvalue weighted by Gasteiger charge is -2.44. The molecule has 0 unspecified atom stereocenters. The molecule has 2 aliphatic heterocycles. The second kappa shape index (κ2) is 7.08. The topological polar surface area (TPSA) is 36.9 Å². The summed E-state index contributed by atoms with van der Waals surface area (Å²) < 4.78 is 26.0. The second-order valence-electron chi connectivity index (χ2n) is 9.45. The van der Waals surface area contributed by atoms with E-state index in [0.29, 0.717) is 6.61 Å². The summed E-state index contributed by atoms with van der Waals surface area (Å²) in [6, 6.07) is 0. The minimum atomic E-state index is -1.89. The van der Waals surface area contributed by atoms with Crippen LogP contribution in [0.15, 0.2) is 12.7 Å². The van der Waals surface area contributed by atoms with Crippen molar-refractivity contribution in [2.24, 2.45) is 0 Å². The standard InChI is InChI=1S/C20H36O4Si/c1-7-11-15-17-18(23-20(22-17)12-9-8-10-13-20)16(14-21-15)24-25(5,6)19(2,3)4/h7,15-18H,1,8-14H2,2-6H3/t15-,16-,17-,18+/m0/s1. The molecule has 0 bridgehead atoms. The molecule has 0 aromatic rings. The smallest absolute Gasteiger partial charge is 0.192 e. The molecule has 2 saturated heterocycles. The maximum Gasteiger partial charge on any atom is 0.192 e. The van der Waals surface area contributed by atoms with Gasteiger partial charge < -0.3 is 18.6 Å². The molecule has 0 amide bonds. The average Bonchev–Trinajstić information content (AvgIpc) is 2.89. The molecule has 0 aromatic heterocycles. The first-order valence-electron chi connectivity index (χ1n) is 9.93. The van der Waals surface area contributed by atoms with Gasteiger partial charge in [-0.15, -0.1) is 6.58 Å². The summed E-state index contributed by atoms with van der Waals surface area (Å²) in [4.78, 5) is 0. The van der Waals surface area contributed by atoms with Crippen LogP contribution in [0.4, 0.5) is 0 Å². The van der Waals surface area contributed by atoms with Crippen LogP contribution in [0.5, 0.6) is 0 Å². The monoisotopic (exact) mass is 368 g/mol. The molecule has 2 heterocycles. The van der Waals surface area contributed by atoms with Crippen molar-refractivity contribution in [3.05, 3.63) is 12.7 Å². The molecule has 5 heteroatoms. The van der Waals surface area contributed by atoms with E-state index in [-0.39, 0.29) is 29.5 Å². The van der Waals surface area contributed by atoms with Crippen molar-refractivity contribution in [3.63, 3.8) is 0 Å². The maximum absolute atomic E-state index is 6.70. The summed E-state index contributed by atoms with van der Waals surface area (Å²) in [5.41, 5.74) is 0. The van der Waals surface area contributed by atoms with E-state index in [1.165, 1.54) is 19.3 Å². The summed E-state index contributed by atoms with van der Waals surface area (Å²) in [5.74, 6) is -0.407. The van der Waals surface area contributed by atoms with Gasteiger partial charge in [0.2, 0.25) is 0 Å². The van der Waals surface area contributed by atoms with E-state index < -0.39 is 14.1 Å². The van der Waals surface area contributed by atoms with Gasteiger partial charge >= 0.3 is 0 Å². The summed E-state index contributed by atoms with van der Waals surface area (Å²) >= 11 is 0. The number of hydrogen-bond donors (Lipinski definition) is 0. The molecular weight excluding hydrogens is 332 g/mol. The Hall–Kier alpha value is -0.203. The zero-order chi connectivity index (χ0) is 18.3. The van der Waals surface area contributed by atoms with Gasteiger partial charge in [-0.1, -0.05) is 33.3 Å². The fourth-order valence-corrected chi connectivity index (χ4v) is 5.30. The van der Waals surface area contributed by atoms with Gasteiger partial charge in [0.15, 0.2) is 14.1 Å². The first-order valence-corrected chi connectivity index (χ1v) is 12.8. The van der Waals surface area contributed by atoms with E-state index in [4.69, 9.17) is 18.6 Å². The zero-order valence-electron chi connectivity index (χ0n) is 16.7. The Morgan fingerprint density at radius 3 is 2.36 bits per heavy atom. The minimum Gasteiger partial charge on any atom is -0.409 e. The number of rotatable bonds is 4. The van der Waals surface area contributed by atoms with Gasteiger partial charge in [-0.05, 0) is 37.4 Å². The predicted octanol–water partition coefficient (Wildman–Crippen LogP) is 4.80. The molecule has 4 nitrogen and oxygen atoms in total. The highest BCUT2D eigenvalue weighted by Crippen LogP contribution is 2.46. The van der Waals surface area contributed by atoms with Crippen molar-refractivity contribution >= 4 is 8.32 Å². The highest BCUT2D eigenvalue weighted by molar-refractivity contribution is 6.74. The van der Waals surface area contributed by atoms with Crippen LogP contribution in [0.1, 0.15) is 59.3 Å². The van der Waals surface area contributed by atoms with Gasteiger partial charge in [0.1, 0.15) is 12.2 Å². The molecule has 144 valence electrons. The number of ether oxygens (including phenoxy) is 3. The SMILES string of the molecule is C=CC[C@@H]1OC[C@H](O[Si](C)(C)C(C)(C)C)[C@H]2OC3(CCCCC3)O[C@H]21. The van der Waals surface area contributed by atoms with Crippen LogP contribution < -0.4 is 0 Å². The molecular formula is C20H36O4Si. The lowest BCUT2D eigenvalue weighted by molar-refractivity contribution is -0.199. The molecule has 25 heavy (non-hydrogen) atoms. The number of hydrogen-bond acceptors (Lipinski definition) is 4. The summed E-state index contributed by atoms with van der Waals surface area (Å²) in [6.07, 6.45) is 8.28. The van der Waals surface area contributed by atoms with E-state index in [1.54, 1.807) is 0 Å². The van der Waals surface area contributed by atoms with E-state index in [1.807, 2.05) is 6.08 Å². The molecule has 4 atom stereocenters. The van der Waals surface area contributed by atoms with E-state index >= 15 is 0 Å². The first-order chi connectivity index (χ1) is 11.7. The Bertz CT molecular complexity index is 479. The molecule has 0 aromatic carbocycles. The molecule has 1 spiro atoms. The summed E-state index contributed by atoms with van der Waals surface area (Å²) in [6.45, 7) is 15.9. The predicted molar refractivity (Wildman–Crippen MR) is 102 cm³/mol. The van der Waals surface area contributed by atoms with Crippen LogP contribution in [0.3, 0.4) is 0 Å². The van der Waals surface area contributed by atoms with Gasteiger partial charge in [0, 0.05) is 12.8 Å². The van der Waals surface area contributed by atoms with Gasteiger partial charge in [0.05, 0.1) is 18.8 Å². The van der Waals surface area contributed by atoms with E-state index in [9.17, 15) is 0 Å². The highest BCUT2D eigenvalue weighted by Gasteiger charge is 2.56. The largest absolute Gasteiger partial charge is 0.409 e. The minimum absolute atomic E-state index is 0.0223. The highest BCUT2D eigenvalue weighted by atomic mass is 28.4. The van der Waals surface area contributed by atoms with E-state index in [0.717, 1.165) is 19.3 Å². The first kappa shape index (κ1) is 19.6. The zero-order valence-corrected chi connectivity index (χ0v) is 17.7. The molecule has 1 aliphatic carbocycles. The van der Waals surface area contributed by atoms with Gasteiger partial charge in [0.25, 0.3) is 0 Å². The van der Waals surface area contributed by atoms with Crippen molar-refractivity contribution in [3.8, 4) is 0 Å². The molecule has 0 N–H and O–H groups in total. The third-order valence-corrected chi connectivity index (χ3v) is 11.0. The van der Waals surface area contributed by atoms with Crippen LogP contribution in [-0.4, -0.2) is 45.1 Å². The Kier molecular flexibility index (Phi) is 5.54.